The topological polar surface area (TPSA) is 130 Å². The lowest BCUT2D eigenvalue weighted by atomic mass is 10.1. The number of aryl methyl sites for hydroxylation is 1. The number of amides is 1. The van der Waals surface area contributed by atoms with Gasteiger partial charge in [-0.05, 0) is 54.3 Å². The fourth-order valence-corrected chi connectivity index (χ4v) is 3.40. The Bertz CT molecular complexity index is 1200. The van der Waals surface area contributed by atoms with E-state index >= 15 is 0 Å². The molecule has 1 heterocycles. The lowest BCUT2D eigenvalue weighted by molar-refractivity contribution is 0.206. The van der Waals surface area contributed by atoms with Crippen molar-refractivity contribution < 1.29 is 24.3 Å². The number of hydrogen-bond donors (Lipinski definition) is 2. The molecule has 0 saturated carbocycles. The van der Waals surface area contributed by atoms with Crippen molar-refractivity contribution in [3.63, 3.8) is 0 Å². The summed E-state index contributed by atoms with van der Waals surface area (Å²) in [7, 11) is 0. The third-order valence-electron chi connectivity index (χ3n) is 4.28. The smallest absolute Gasteiger partial charge is 0.432 e. The summed E-state index contributed by atoms with van der Waals surface area (Å²) in [6.45, 7) is 5.39. The van der Waals surface area contributed by atoms with Crippen molar-refractivity contribution in [2.75, 3.05) is 12.9 Å². The van der Waals surface area contributed by atoms with E-state index in [1.165, 1.54) is 0 Å². The Kier molecular flexibility index (Phi) is 8.11. The molecule has 33 heavy (non-hydrogen) atoms. The van der Waals surface area contributed by atoms with E-state index in [1.807, 2.05) is 0 Å². The van der Waals surface area contributed by atoms with Crippen LogP contribution in [0, 0.1) is 6.92 Å². The van der Waals surface area contributed by atoms with Gasteiger partial charge >= 0.3 is 6.09 Å². The summed E-state index contributed by atoms with van der Waals surface area (Å²) in [5.41, 5.74) is 2.76. The highest BCUT2D eigenvalue weighted by molar-refractivity contribution is 8.15. The van der Waals surface area contributed by atoms with Crippen LogP contribution in [-0.2, 0) is 6.61 Å². The van der Waals surface area contributed by atoms with Gasteiger partial charge in [-0.15, -0.1) is 11.8 Å². The van der Waals surface area contributed by atoms with E-state index in [9.17, 15) is 15.0 Å². The van der Waals surface area contributed by atoms with Gasteiger partial charge in [0.25, 0.3) is 0 Å². The van der Waals surface area contributed by atoms with E-state index in [4.69, 9.17) is 9.26 Å². The number of aliphatic hydroxyl groups excluding tert-OH is 1. The molecule has 0 aliphatic carbocycles. The van der Waals surface area contributed by atoms with Crippen molar-refractivity contribution in [1.29, 1.82) is 0 Å². The lowest BCUT2D eigenvalue weighted by Gasteiger charge is -2.12. The number of benzene rings is 2. The first-order chi connectivity index (χ1) is 15.9. The summed E-state index contributed by atoms with van der Waals surface area (Å²) in [5.74, 6) is 1.41. The molecular weight excluding hydrogens is 444 g/mol. The molecule has 0 spiro atoms. The number of thioether (sulfide) groups is 1. The number of aliphatic hydroxyl groups is 1. The molecule has 0 bridgehead atoms. The Hall–Kier alpha value is -3.76. The predicted octanol–water partition coefficient (Wildman–Crippen LogP) is 4.66. The number of hydrogen-bond acceptors (Lipinski definition) is 8. The molecule has 1 amide bonds. The molecule has 0 atom stereocenters. The van der Waals surface area contributed by atoms with Crippen LogP contribution in [0.2, 0.25) is 0 Å². The zero-order valence-corrected chi connectivity index (χ0v) is 18.9. The van der Waals surface area contributed by atoms with E-state index < -0.39 is 6.09 Å². The highest BCUT2D eigenvalue weighted by Crippen LogP contribution is 2.25. The quantitative estimate of drug-likeness (QED) is 0.278. The first-order valence-electron chi connectivity index (χ1n) is 9.77. The normalized spacial score (nSPS) is 12.0. The predicted molar refractivity (Wildman–Crippen MR) is 128 cm³/mol. The molecule has 1 aromatic heterocycles. The minimum atomic E-state index is -1.34. The van der Waals surface area contributed by atoms with Gasteiger partial charge in [0.1, 0.15) is 23.1 Å². The minimum absolute atomic E-state index is 0.199. The molecule has 170 valence electrons. The lowest BCUT2D eigenvalue weighted by Crippen LogP contribution is -2.14. The Morgan fingerprint density at radius 3 is 2.61 bits per heavy atom. The van der Waals surface area contributed by atoms with Crippen LogP contribution >= 0.6 is 11.8 Å². The number of nitrogens with zero attached hydrogens (tertiary/aromatic N) is 4. The Morgan fingerprint density at radius 2 is 2.03 bits per heavy atom. The molecule has 0 saturated heterocycles. The Balaban J connectivity index is 2.09. The van der Waals surface area contributed by atoms with Gasteiger partial charge in [0.05, 0.1) is 12.3 Å². The van der Waals surface area contributed by atoms with Crippen LogP contribution in [0.3, 0.4) is 0 Å². The van der Waals surface area contributed by atoms with Gasteiger partial charge in [-0.2, -0.15) is 9.98 Å². The molecular formula is C23H22N4O5S. The molecule has 0 unspecified atom stereocenters. The number of rotatable bonds is 8. The summed E-state index contributed by atoms with van der Waals surface area (Å²) in [6, 6.07) is 12.2. The molecule has 3 aromatic rings. The second kappa shape index (κ2) is 11.2. The number of carboxylic acid groups (broad SMARTS) is 1. The summed E-state index contributed by atoms with van der Waals surface area (Å²) >= 11 is 1.15. The van der Waals surface area contributed by atoms with Crippen LogP contribution in [0.1, 0.15) is 17.0 Å². The third kappa shape index (κ3) is 6.37. The molecule has 2 N–H and O–H groups in total. The SMILES string of the molecule is C=CCOc1cc(CO)cc(C(=Nc2ccc(-c3noc(C)n3)cc2)C(=NC(=O)O)SC)c1. The van der Waals surface area contributed by atoms with Gasteiger partial charge in [0, 0.05) is 18.1 Å². The van der Waals surface area contributed by atoms with Crippen molar-refractivity contribution in [3.8, 4) is 17.1 Å². The summed E-state index contributed by atoms with van der Waals surface area (Å²) < 4.78 is 10.6. The fourth-order valence-electron chi connectivity index (χ4n) is 2.88. The standard InChI is InChI=1S/C23H22N4O5S/c1-4-9-31-19-11-15(13-28)10-17(12-19)20(22(33-3)26-23(29)30)25-18-7-5-16(6-8-18)21-24-14(2)32-27-21/h4-8,10-12,28H,1,9,13H2,2-3H3,(H,29,30). The Morgan fingerprint density at radius 1 is 1.27 bits per heavy atom. The maximum absolute atomic E-state index is 11.3. The average molecular weight is 467 g/mol. The summed E-state index contributed by atoms with van der Waals surface area (Å²) in [5, 5.41) is 23.1. The van der Waals surface area contributed by atoms with Crippen molar-refractivity contribution >= 4 is 34.3 Å². The van der Waals surface area contributed by atoms with Crippen LogP contribution in [0.5, 0.6) is 5.75 Å². The van der Waals surface area contributed by atoms with E-state index in [2.05, 4.69) is 26.7 Å². The van der Waals surface area contributed by atoms with Gasteiger partial charge < -0.3 is 19.5 Å². The van der Waals surface area contributed by atoms with Gasteiger partial charge in [0.15, 0.2) is 0 Å². The average Bonchev–Trinajstić information content (AvgIpc) is 3.26. The number of aromatic nitrogens is 2. The van der Waals surface area contributed by atoms with E-state index in [1.54, 1.807) is 61.7 Å². The van der Waals surface area contributed by atoms with Crippen LogP contribution < -0.4 is 4.74 Å². The highest BCUT2D eigenvalue weighted by Gasteiger charge is 2.16. The first-order valence-corrected chi connectivity index (χ1v) is 11.0. The Labute approximate surface area is 194 Å². The molecule has 3 rings (SSSR count). The van der Waals surface area contributed by atoms with E-state index in [-0.39, 0.29) is 18.3 Å². The molecule has 10 heteroatoms. The first kappa shape index (κ1) is 23.9. The third-order valence-corrected chi connectivity index (χ3v) is 4.95. The molecule has 2 aromatic carbocycles. The van der Waals surface area contributed by atoms with Crippen molar-refractivity contribution in [3.05, 3.63) is 72.1 Å². The molecule has 0 fully saturated rings. The van der Waals surface area contributed by atoms with Gasteiger partial charge in [-0.3, -0.25) is 0 Å². The van der Waals surface area contributed by atoms with Crippen molar-refractivity contribution in [2.45, 2.75) is 13.5 Å². The van der Waals surface area contributed by atoms with Crippen LogP contribution in [0.25, 0.3) is 11.4 Å². The molecule has 0 radical (unpaired) electrons. The highest BCUT2D eigenvalue weighted by atomic mass is 32.2. The molecule has 9 nitrogen and oxygen atoms in total. The van der Waals surface area contributed by atoms with E-state index in [0.717, 1.165) is 17.3 Å². The maximum atomic E-state index is 11.3. The second-order valence-electron chi connectivity index (χ2n) is 6.67. The second-order valence-corrected chi connectivity index (χ2v) is 7.47. The van der Waals surface area contributed by atoms with Crippen LogP contribution in [-0.4, -0.2) is 50.1 Å². The summed E-state index contributed by atoms with van der Waals surface area (Å²) in [6.07, 6.45) is 1.98. The fraction of sp³-hybridized carbons (Fsp3) is 0.174. The van der Waals surface area contributed by atoms with Gasteiger partial charge in [-0.1, -0.05) is 17.8 Å². The van der Waals surface area contributed by atoms with Crippen molar-refractivity contribution in [1.82, 2.24) is 10.1 Å². The van der Waals surface area contributed by atoms with Gasteiger partial charge in [0.2, 0.25) is 11.7 Å². The van der Waals surface area contributed by atoms with E-state index in [0.29, 0.717) is 40.0 Å². The zero-order chi connectivity index (χ0) is 23.8. The van der Waals surface area contributed by atoms with Crippen LogP contribution in [0.15, 0.2) is 69.6 Å². The monoisotopic (exact) mass is 466 g/mol. The van der Waals surface area contributed by atoms with Crippen LogP contribution in [0.4, 0.5) is 10.5 Å². The number of carbonyl (C=O) groups is 1. The maximum Gasteiger partial charge on any atom is 0.432 e. The molecule has 0 aliphatic heterocycles. The van der Waals surface area contributed by atoms with Crippen molar-refractivity contribution in [2.24, 2.45) is 9.98 Å². The summed E-state index contributed by atoms with van der Waals surface area (Å²) in [4.78, 5) is 23.9. The zero-order valence-electron chi connectivity index (χ0n) is 18.1. The number of aliphatic imine (C=N–C) groups is 2. The molecule has 0 aliphatic rings. The number of ether oxygens (including phenoxy) is 1. The minimum Gasteiger partial charge on any atom is -0.490 e. The van der Waals surface area contributed by atoms with Gasteiger partial charge in [-0.25, -0.2) is 9.79 Å². The largest absolute Gasteiger partial charge is 0.490 e.